The van der Waals surface area contributed by atoms with E-state index in [1.807, 2.05) is 29.6 Å². The van der Waals surface area contributed by atoms with Gasteiger partial charge < -0.3 is 10.8 Å². The molecule has 2 aromatic heterocycles. The van der Waals surface area contributed by atoms with Crippen LogP contribution >= 0.6 is 11.3 Å². The first-order chi connectivity index (χ1) is 7.83. The molecule has 4 heteroatoms. The second-order valence-electron chi connectivity index (χ2n) is 3.59. The Kier molecular flexibility index (Phi) is 3.66. The fourth-order valence-corrected chi connectivity index (χ4v) is 2.48. The molecule has 0 saturated heterocycles. The van der Waals surface area contributed by atoms with Gasteiger partial charge in [0, 0.05) is 29.7 Å². The largest absolute Gasteiger partial charge is 0.387 e. The van der Waals surface area contributed by atoms with Crippen LogP contribution in [0, 0.1) is 0 Å². The maximum Gasteiger partial charge on any atom is 0.0962 e. The van der Waals surface area contributed by atoms with E-state index in [1.54, 1.807) is 23.7 Å². The average Bonchev–Trinajstić information content (AvgIpc) is 2.85. The van der Waals surface area contributed by atoms with E-state index in [-0.39, 0.29) is 5.92 Å². The highest BCUT2D eigenvalue weighted by Gasteiger charge is 2.22. The summed E-state index contributed by atoms with van der Waals surface area (Å²) < 4.78 is 0. The molecular weight excluding hydrogens is 220 g/mol. The molecule has 0 aliphatic heterocycles. The Morgan fingerprint density at radius 1 is 1.38 bits per heavy atom. The average molecular weight is 234 g/mol. The summed E-state index contributed by atoms with van der Waals surface area (Å²) in [6, 6.07) is 7.66. The minimum Gasteiger partial charge on any atom is -0.387 e. The van der Waals surface area contributed by atoms with Gasteiger partial charge in [0.2, 0.25) is 0 Å². The predicted molar refractivity (Wildman–Crippen MR) is 65.3 cm³/mol. The van der Waals surface area contributed by atoms with E-state index >= 15 is 0 Å². The number of nitrogens with zero attached hydrogens (tertiary/aromatic N) is 1. The van der Waals surface area contributed by atoms with Crippen LogP contribution in [0.15, 0.2) is 42.0 Å². The molecule has 2 aromatic rings. The summed E-state index contributed by atoms with van der Waals surface area (Å²) in [6.45, 7) is 0.408. The van der Waals surface area contributed by atoms with E-state index in [1.165, 1.54) is 0 Å². The Labute approximate surface area is 98.6 Å². The molecule has 3 N–H and O–H groups in total. The van der Waals surface area contributed by atoms with Crippen LogP contribution in [-0.2, 0) is 0 Å². The van der Waals surface area contributed by atoms with Gasteiger partial charge >= 0.3 is 0 Å². The zero-order chi connectivity index (χ0) is 11.4. The lowest BCUT2D eigenvalue weighted by molar-refractivity contribution is 0.151. The second-order valence-corrected chi connectivity index (χ2v) is 4.57. The van der Waals surface area contributed by atoms with E-state index < -0.39 is 6.10 Å². The quantitative estimate of drug-likeness (QED) is 0.849. The van der Waals surface area contributed by atoms with Gasteiger partial charge in [-0.2, -0.15) is 0 Å². The van der Waals surface area contributed by atoms with Crippen LogP contribution in [0.2, 0.25) is 0 Å². The summed E-state index contributed by atoms with van der Waals surface area (Å²) in [5.74, 6) is -0.0904. The van der Waals surface area contributed by atoms with Crippen molar-refractivity contribution in [3.05, 3.63) is 52.5 Å². The van der Waals surface area contributed by atoms with Crippen molar-refractivity contribution < 1.29 is 5.11 Å². The highest BCUT2D eigenvalue weighted by atomic mass is 32.1. The third-order valence-corrected chi connectivity index (χ3v) is 3.53. The number of nitrogens with two attached hydrogens (primary N) is 1. The second kappa shape index (κ2) is 5.21. The molecule has 0 radical (unpaired) electrons. The Morgan fingerprint density at radius 3 is 2.81 bits per heavy atom. The van der Waals surface area contributed by atoms with Gasteiger partial charge in [0.15, 0.2) is 0 Å². The number of aliphatic hydroxyl groups is 1. The number of rotatable bonds is 4. The lowest BCUT2D eigenvalue weighted by Crippen LogP contribution is -2.19. The van der Waals surface area contributed by atoms with Crippen LogP contribution in [0.5, 0.6) is 0 Å². The summed E-state index contributed by atoms with van der Waals surface area (Å²) in [7, 11) is 0. The van der Waals surface area contributed by atoms with Crippen LogP contribution in [0.1, 0.15) is 22.5 Å². The molecular formula is C12H14N2OS. The number of aliphatic hydroxyl groups excluding tert-OH is 1. The lowest BCUT2D eigenvalue weighted by atomic mass is 9.94. The van der Waals surface area contributed by atoms with Crippen LogP contribution < -0.4 is 5.73 Å². The van der Waals surface area contributed by atoms with Gasteiger partial charge in [0.1, 0.15) is 0 Å². The van der Waals surface area contributed by atoms with Gasteiger partial charge in [0.25, 0.3) is 0 Å². The van der Waals surface area contributed by atoms with E-state index in [9.17, 15) is 5.11 Å². The van der Waals surface area contributed by atoms with Gasteiger partial charge in [-0.1, -0.05) is 12.1 Å². The minimum atomic E-state index is -0.547. The van der Waals surface area contributed by atoms with Crippen molar-refractivity contribution >= 4 is 11.3 Å². The van der Waals surface area contributed by atoms with Crippen LogP contribution in [0.25, 0.3) is 0 Å². The predicted octanol–water partition coefficient (Wildman–Crippen LogP) is 1.92. The highest BCUT2D eigenvalue weighted by Crippen LogP contribution is 2.31. The van der Waals surface area contributed by atoms with Gasteiger partial charge in [-0.05, 0) is 23.1 Å². The monoisotopic (exact) mass is 234 g/mol. The zero-order valence-electron chi connectivity index (χ0n) is 8.78. The maximum atomic E-state index is 10.2. The Bertz CT molecular complexity index is 416. The Balaban J connectivity index is 2.23. The molecule has 16 heavy (non-hydrogen) atoms. The molecule has 0 aliphatic rings. The molecule has 0 fully saturated rings. The van der Waals surface area contributed by atoms with Crippen LogP contribution in [0.3, 0.4) is 0 Å². The molecule has 2 rings (SSSR count). The highest BCUT2D eigenvalue weighted by molar-refractivity contribution is 7.10. The number of pyridine rings is 1. The Hall–Kier alpha value is -1.23. The third-order valence-electron chi connectivity index (χ3n) is 2.58. The minimum absolute atomic E-state index is 0.0904. The first-order valence-electron chi connectivity index (χ1n) is 5.14. The van der Waals surface area contributed by atoms with Crippen molar-refractivity contribution in [1.82, 2.24) is 4.98 Å². The van der Waals surface area contributed by atoms with Crippen molar-refractivity contribution in [1.29, 1.82) is 0 Å². The first kappa shape index (κ1) is 11.3. The van der Waals surface area contributed by atoms with E-state index in [4.69, 9.17) is 5.73 Å². The van der Waals surface area contributed by atoms with E-state index in [0.717, 1.165) is 10.4 Å². The van der Waals surface area contributed by atoms with Crippen LogP contribution in [0.4, 0.5) is 0 Å². The molecule has 0 saturated carbocycles. The van der Waals surface area contributed by atoms with Gasteiger partial charge in [0.05, 0.1) is 6.10 Å². The van der Waals surface area contributed by atoms with Gasteiger partial charge in [-0.25, -0.2) is 0 Å². The van der Waals surface area contributed by atoms with Crippen LogP contribution in [-0.4, -0.2) is 16.6 Å². The summed E-state index contributed by atoms with van der Waals surface area (Å²) in [4.78, 5) is 5.00. The summed E-state index contributed by atoms with van der Waals surface area (Å²) in [6.07, 6.45) is 2.93. The normalized spacial score (nSPS) is 14.6. The molecule has 84 valence electrons. The molecule has 0 bridgehead atoms. The molecule has 0 spiro atoms. The molecule has 2 unspecified atom stereocenters. The van der Waals surface area contributed by atoms with Crippen molar-refractivity contribution in [3.8, 4) is 0 Å². The molecule has 0 aliphatic carbocycles. The number of thiophene rings is 1. The van der Waals surface area contributed by atoms with Gasteiger partial charge in [-0.3, -0.25) is 4.98 Å². The molecule has 2 heterocycles. The molecule has 2 atom stereocenters. The standard InChI is InChI=1S/C12H14N2OS/c13-7-10(9-3-1-5-14-8-9)12(15)11-4-2-6-16-11/h1-6,8,10,12,15H,7,13H2. The summed E-state index contributed by atoms with van der Waals surface area (Å²) >= 11 is 1.54. The van der Waals surface area contributed by atoms with E-state index in [0.29, 0.717) is 6.54 Å². The van der Waals surface area contributed by atoms with Gasteiger partial charge in [-0.15, -0.1) is 11.3 Å². The maximum absolute atomic E-state index is 10.2. The summed E-state index contributed by atoms with van der Waals surface area (Å²) in [5.41, 5.74) is 6.71. The molecule has 0 amide bonds. The SMILES string of the molecule is NCC(c1cccnc1)C(O)c1cccs1. The third kappa shape index (κ3) is 2.29. The zero-order valence-corrected chi connectivity index (χ0v) is 9.60. The van der Waals surface area contributed by atoms with Crippen molar-refractivity contribution in [2.75, 3.05) is 6.54 Å². The number of hydrogen-bond acceptors (Lipinski definition) is 4. The number of aromatic nitrogens is 1. The summed E-state index contributed by atoms with van der Waals surface area (Å²) in [5, 5.41) is 12.2. The lowest BCUT2D eigenvalue weighted by Gasteiger charge is -2.20. The van der Waals surface area contributed by atoms with Crippen molar-refractivity contribution in [2.24, 2.45) is 5.73 Å². The molecule has 3 nitrogen and oxygen atoms in total. The van der Waals surface area contributed by atoms with Crippen molar-refractivity contribution in [3.63, 3.8) is 0 Å². The first-order valence-corrected chi connectivity index (χ1v) is 6.02. The Morgan fingerprint density at radius 2 is 2.25 bits per heavy atom. The smallest absolute Gasteiger partial charge is 0.0962 e. The van der Waals surface area contributed by atoms with E-state index in [2.05, 4.69) is 4.98 Å². The fraction of sp³-hybridized carbons (Fsp3) is 0.250. The fourth-order valence-electron chi connectivity index (χ4n) is 1.70. The topological polar surface area (TPSA) is 59.1 Å². The van der Waals surface area contributed by atoms with Crippen molar-refractivity contribution in [2.45, 2.75) is 12.0 Å². The molecule has 0 aromatic carbocycles. The number of hydrogen-bond donors (Lipinski definition) is 2.